The Morgan fingerprint density at radius 1 is 0.860 bits per heavy atom. The standard InChI is InChI=1S/C37H62O4Si2/c1-14-28(18-17-23-37(38,15-2)16-3)29-20-19-27(24-29)26-39-30-21-22-31(33(35(4,5)6)40-42(10)11)32(25-30)34(36(7,8)9)41-43(12)13/h18-22,25,33-34,38H,14-17,23-24,26H2,1-13H3/b28-18+. The Balaban J connectivity index is 2.29. The van der Waals surface area contributed by atoms with Crippen LogP contribution in [0.2, 0.25) is 26.2 Å². The van der Waals surface area contributed by atoms with E-state index in [1.54, 1.807) is 0 Å². The van der Waals surface area contributed by atoms with Gasteiger partial charge in [0.25, 0.3) is 0 Å². The summed E-state index contributed by atoms with van der Waals surface area (Å²) < 4.78 is 19.9. The smallest absolute Gasteiger partial charge is 0.205 e. The first-order chi connectivity index (χ1) is 19.9. The summed E-state index contributed by atoms with van der Waals surface area (Å²) in [5.74, 6) is 0.878. The topological polar surface area (TPSA) is 47.9 Å². The summed E-state index contributed by atoms with van der Waals surface area (Å²) in [6.45, 7) is 29.4. The highest BCUT2D eigenvalue weighted by Gasteiger charge is 2.36. The SMILES string of the molecule is CC/C(=C\CCC(O)(CC)CC)C1=CC=C(COc2ccc(C(O[Si](C)C)C(C)(C)C)c(C(O[Si](C)C)C(C)(C)C)c2)C1. The first-order valence-electron chi connectivity index (χ1n) is 16.4. The maximum absolute atomic E-state index is 10.7. The number of hydrogen-bond donors (Lipinski definition) is 1. The molecule has 4 nitrogen and oxygen atoms in total. The van der Waals surface area contributed by atoms with Gasteiger partial charge in [-0.2, -0.15) is 0 Å². The van der Waals surface area contributed by atoms with Crippen LogP contribution in [0.1, 0.15) is 124 Å². The Kier molecular flexibility index (Phi) is 14.2. The molecule has 2 radical (unpaired) electrons. The van der Waals surface area contributed by atoms with Gasteiger partial charge in [-0.15, -0.1) is 0 Å². The molecule has 0 saturated heterocycles. The highest BCUT2D eigenvalue weighted by Crippen LogP contribution is 2.46. The van der Waals surface area contributed by atoms with Crippen LogP contribution in [-0.4, -0.2) is 35.4 Å². The molecule has 1 aliphatic rings. The average molecular weight is 627 g/mol. The van der Waals surface area contributed by atoms with E-state index in [2.05, 4.69) is 125 Å². The fraction of sp³-hybridized carbons (Fsp3) is 0.676. The highest BCUT2D eigenvalue weighted by molar-refractivity contribution is 6.48. The molecule has 0 amide bonds. The van der Waals surface area contributed by atoms with Crippen molar-refractivity contribution in [3.05, 3.63) is 64.3 Å². The third-order valence-corrected chi connectivity index (χ3v) is 9.79. The number of hydrogen-bond acceptors (Lipinski definition) is 4. The zero-order chi connectivity index (χ0) is 32.6. The van der Waals surface area contributed by atoms with Gasteiger partial charge in [-0.3, -0.25) is 0 Å². The summed E-state index contributed by atoms with van der Waals surface area (Å²) >= 11 is 0. The molecule has 0 saturated carbocycles. The van der Waals surface area contributed by atoms with Crippen LogP contribution in [0.5, 0.6) is 5.75 Å². The van der Waals surface area contributed by atoms with E-state index in [-0.39, 0.29) is 23.0 Å². The number of benzene rings is 1. The molecule has 0 aliphatic heterocycles. The Bertz CT molecular complexity index is 1110. The van der Waals surface area contributed by atoms with Gasteiger partial charge in [-0.1, -0.05) is 86.6 Å². The monoisotopic (exact) mass is 626 g/mol. The van der Waals surface area contributed by atoms with E-state index < -0.39 is 23.7 Å². The summed E-state index contributed by atoms with van der Waals surface area (Å²) in [7, 11) is -1.86. The average Bonchev–Trinajstić information content (AvgIpc) is 3.39. The summed E-state index contributed by atoms with van der Waals surface area (Å²) in [6, 6.07) is 6.56. The second-order valence-corrected chi connectivity index (χ2v) is 19.0. The molecule has 0 fully saturated rings. The van der Waals surface area contributed by atoms with Crippen molar-refractivity contribution >= 4 is 18.1 Å². The fourth-order valence-electron chi connectivity index (χ4n) is 5.69. The molecule has 1 N–H and O–H groups in total. The number of ether oxygens (including phenoxy) is 1. The van der Waals surface area contributed by atoms with Gasteiger partial charge in [0.15, 0.2) is 0 Å². The minimum absolute atomic E-state index is 0.0209. The van der Waals surface area contributed by atoms with Gasteiger partial charge in [0.2, 0.25) is 18.1 Å². The van der Waals surface area contributed by atoms with Gasteiger partial charge >= 0.3 is 0 Å². The van der Waals surface area contributed by atoms with E-state index in [0.717, 1.165) is 44.3 Å². The molecule has 1 aromatic carbocycles. The van der Waals surface area contributed by atoms with Gasteiger partial charge in [0.05, 0.1) is 17.8 Å². The molecule has 2 rings (SSSR count). The molecule has 0 heterocycles. The van der Waals surface area contributed by atoms with E-state index in [1.165, 1.54) is 27.8 Å². The molecule has 0 bridgehead atoms. The van der Waals surface area contributed by atoms with Crippen LogP contribution in [0.3, 0.4) is 0 Å². The molecule has 43 heavy (non-hydrogen) atoms. The summed E-state index contributed by atoms with van der Waals surface area (Å²) in [5.41, 5.74) is 5.77. The van der Waals surface area contributed by atoms with Crippen LogP contribution in [0, 0.1) is 10.8 Å². The van der Waals surface area contributed by atoms with Crippen molar-refractivity contribution in [3.8, 4) is 5.75 Å². The molecule has 1 aliphatic carbocycles. The van der Waals surface area contributed by atoms with Crippen molar-refractivity contribution in [1.82, 2.24) is 0 Å². The largest absolute Gasteiger partial charge is 0.489 e. The summed E-state index contributed by atoms with van der Waals surface area (Å²) in [4.78, 5) is 0. The van der Waals surface area contributed by atoms with Crippen LogP contribution in [-0.2, 0) is 8.85 Å². The van der Waals surface area contributed by atoms with Crippen LogP contribution >= 0.6 is 0 Å². The minimum atomic E-state index is -0.945. The third-order valence-electron chi connectivity index (χ3n) is 8.38. The zero-order valence-electron chi connectivity index (χ0n) is 29.7. The Morgan fingerprint density at radius 3 is 1.91 bits per heavy atom. The zero-order valence-corrected chi connectivity index (χ0v) is 31.7. The molecule has 242 valence electrons. The van der Waals surface area contributed by atoms with Crippen molar-refractivity contribution in [2.24, 2.45) is 10.8 Å². The van der Waals surface area contributed by atoms with Crippen LogP contribution in [0.25, 0.3) is 0 Å². The second-order valence-electron chi connectivity index (χ2n) is 14.9. The molecular weight excluding hydrogens is 565 g/mol. The Morgan fingerprint density at radius 2 is 1.42 bits per heavy atom. The van der Waals surface area contributed by atoms with Gasteiger partial charge < -0.3 is 18.7 Å². The molecule has 2 unspecified atom stereocenters. The van der Waals surface area contributed by atoms with E-state index in [4.69, 9.17) is 13.6 Å². The quantitative estimate of drug-likeness (QED) is 0.185. The Hall–Kier alpha value is -1.45. The predicted molar refractivity (Wildman–Crippen MR) is 187 cm³/mol. The number of aliphatic hydroxyl groups is 1. The number of allylic oxidation sites excluding steroid dienone is 5. The van der Waals surface area contributed by atoms with Crippen LogP contribution < -0.4 is 4.74 Å². The van der Waals surface area contributed by atoms with Crippen LogP contribution in [0.15, 0.2) is 53.1 Å². The predicted octanol–water partition coefficient (Wildman–Crippen LogP) is 10.7. The molecule has 1 aromatic rings. The minimum Gasteiger partial charge on any atom is -0.489 e. The lowest BCUT2D eigenvalue weighted by molar-refractivity contribution is 0.0246. The van der Waals surface area contributed by atoms with Crippen molar-refractivity contribution in [1.29, 1.82) is 0 Å². The van der Waals surface area contributed by atoms with Crippen molar-refractivity contribution in [2.45, 2.75) is 145 Å². The van der Waals surface area contributed by atoms with Gasteiger partial charge in [0.1, 0.15) is 12.4 Å². The lowest BCUT2D eigenvalue weighted by atomic mass is 9.77. The van der Waals surface area contributed by atoms with Gasteiger partial charge in [0, 0.05) is 0 Å². The highest BCUT2D eigenvalue weighted by atomic mass is 28.3. The maximum atomic E-state index is 10.7. The first kappa shape index (κ1) is 37.7. The Labute approximate surface area is 268 Å². The van der Waals surface area contributed by atoms with Gasteiger partial charge in [-0.05, 0) is 116 Å². The lowest BCUT2D eigenvalue weighted by Gasteiger charge is -2.39. The molecule has 2 atom stereocenters. The van der Waals surface area contributed by atoms with Crippen molar-refractivity contribution < 1.29 is 18.7 Å². The summed E-state index contributed by atoms with van der Waals surface area (Å²) in [5, 5.41) is 10.7. The second kappa shape index (κ2) is 16.2. The van der Waals surface area contributed by atoms with E-state index in [1.807, 2.05) is 0 Å². The number of rotatable bonds is 16. The summed E-state index contributed by atoms with van der Waals surface area (Å²) in [6.07, 6.45) is 12.0. The normalized spacial score (nSPS) is 16.5. The van der Waals surface area contributed by atoms with Gasteiger partial charge in [-0.25, -0.2) is 0 Å². The first-order valence-corrected chi connectivity index (χ1v) is 21.3. The molecule has 0 aromatic heterocycles. The van der Waals surface area contributed by atoms with Crippen molar-refractivity contribution in [3.63, 3.8) is 0 Å². The van der Waals surface area contributed by atoms with E-state index in [9.17, 15) is 5.11 Å². The lowest BCUT2D eigenvalue weighted by Crippen LogP contribution is -2.31. The molecule has 6 heteroatoms. The van der Waals surface area contributed by atoms with E-state index in [0.29, 0.717) is 6.61 Å². The van der Waals surface area contributed by atoms with Crippen molar-refractivity contribution in [2.75, 3.05) is 6.61 Å². The third kappa shape index (κ3) is 11.5. The molecular formula is C37H62O4Si2. The van der Waals surface area contributed by atoms with E-state index >= 15 is 0 Å². The molecule has 0 spiro atoms. The maximum Gasteiger partial charge on any atom is 0.205 e. The fourth-order valence-corrected chi connectivity index (χ4v) is 7.60. The van der Waals surface area contributed by atoms with Crippen LogP contribution in [0.4, 0.5) is 0 Å².